The van der Waals surface area contributed by atoms with Crippen LogP contribution in [0.2, 0.25) is 0 Å². The van der Waals surface area contributed by atoms with Crippen LogP contribution in [0.25, 0.3) is 38.4 Å². The summed E-state index contributed by atoms with van der Waals surface area (Å²) in [5, 5.41) is 9.95. The van der Waals surface area contributed by atoms with Gasteiger partial charge in [-0.25, -0.2) is 0 Å². The minimum absolute atomic E-state index is 1.16. The first-order chi connectivity index (χ1) is 10.9. The van der Waals surface area contributed by atoms with Crippen LogP contribution >= 0.6 is 0 Å². The van der Waals surface area contributed by atoms with Crippen LogP contribution in [0.5, 0.6) is 0 Å². The molecule has 0 amide bonds. The molecule has 0 atom stereocenters. The van der Waals surface area contributed by atoms with Crippen molar-refractivity contribution >= 4 is 38.4 Å². The van der Waals surface area contributed by atoms with Crippen molar-refractivity contribution in [2.45, 2.75) is 26.7 Å². The summed E-state index contributed by atoms with van der Waals surface area (Å²) in [6, 6.07) is 20.1. The molecule has 22 heavy (non-hydrogen) atoms. The number of rotatable bonds is 0. The van der Waals surface area contributed by atoms with Gasteiger partial charge in [-0.05, 0) is 55.9 Å². The third-order valence-electron chi connectivity index (χ3n) is 4.68. The molecule has 0 heterocycles. The summed E-state index contributed by atoms with van der Waals surface area (Å²) in [6.07, 6.45) is 4.71. The summed E-state index contributed by atoms with van der Waals surface area (Å²) in [7, 11) is 0. The molecule has 4 aromatic rings. The molecule has 0 aromatic heterocycles. The van der Waals surface area contributed by atoms with Crippen molar-refractivity contribution in [3.63, 3.8) is 0 Å². The molecular weight excluding hydrogens is 264 g/mol. The monoisotopic (exact) mass is 284 g/mol. The summed E-state index contributed by atoms with van der Waals surface area (Å²) in [6.45, 7) is 4.00. The van der Waals surface area contributed by atoms with Gasteiger partial charge in [-0.1, -0.05) is 74.5 Å². The van der Waals surface area contributed by atoms with Gasteiger partial charge in [0.1, 0.15) is 0 Å². The Labute approximate surface area is 131 Å². The van der Waals surface area contributed by atoms with Gasteiger partial charge in [0, 0.05) is 0 Å². The molecule has 0 spiro atoms. The van der Waals surface area contributed by atoms with Gasteiger partial charge in [-0.3, -0.25) is 0 Å². The van der Waals surface area contributed by atoms with E-state index in [-0.39, 0.29) is 0 Å². The van der Waals surface area contributed by atoms with Crippen LogP contribution in [-0.2, 0) is 6.42 Å². The van der Waals surface area contributed by atoms with Crippen LogP contribution in [0.1, 0.15) is 25.8 Å². The quantitative estimate of drug-likeness (QED) is 0.290. The third kappa shape index (κ3) is 1.70. The standard InChI is InChI=1S/C20H14.C2H6/c1-5-13-6-2-11-17-18-12-4-8-14-7-3-10-16(20(14)18)15(9-1)19(13)17;1-2/h1-3,5-11H,4,12H2;1-2H3. The van der Waals surface area contributed by atoms with Gasteiger partial charge in [0.05, 0.1) is 0 Å². The largest absolute Gasteiger partial charge is 0.0763 e. The van der Waals surface area contributed by atoms with Crippen LogP contribution in [0, 0.1) is 0 Å². The molecule has 5 rings (SSSR count). The molecule has 0 aliphatic heterocycles. The smallest absolute Gasteiger partial charge is 0.00296 e. The minimum Gasteiger partial charge on any atom is -0.0763 e. The van der Waals surface area contributed by atoms with Gasteiger partial charge in [-0.15, -0.1) is 0 Å². The molecule has 0 fully saturated rings. The lowest BCUT2D eigenvalue weighted by molar-refractivity contribution is 1.05. The van der Waals surface area contributed by atoms with Gasteiger partial charge in [0.2, 0.25) is 0 Å². The van der Waals surface area contributed by atoms with E-state index in [0.717, 1.165) is 12.8 Å². The second-order valence-electron chi connectivity index (χ2n) is 5.70. The van der Waals surface area contributed by atoms with E-state index in [4.69, 9.17) is 0 Å². The molecule has 4 aromatic carbocycles. The van der Waals surface area contributed by atoms with E-state index in [1.54, 1.807) is 5.56 Å². The highest BCUT2D eigenvalue weighted by Gasteiger charge is 2.14. The zero-order valence-electron chi connectivity index (χ0n) is 13.2. The average molecular weight is 284 g/mol. The fourth-order valence-corrected chi connectivity index (χ4v) is 3.88. The topological polar surface area (TPSA) is 0 Å². The molecule has 0 N–H and O–H groups in total. The normalized spacial score (nSPS) is 13.0. The maximum absolute atomic E-state index is 2.39. The van der Waals surface area contributed by atoms with Gasteiger partial charge in [0.15, 0.2) is 0 Å². The Morgan fingerprint density at radius 2 is 1.32 bits per heavy atom. The van der Waals surface area contributed by atoms with Crippen molar-refractivity contribution < 1.29 is 0 Å². The number of hydrogen-bond acceptors (Lipinski definition) is 0. The van der Waals surface area contributed by atoms with Crippen LogP contribution in [0.3, 0.4) is 0 Å². The summed E-state index contributed by atoms with van der Waals surface area (Å²) in [5.74, 6) is 0. The van der Waals surface area contributed by atoms with E-state index in [2.05, 4.69) is 60.7 Å². The van der Waals surface area contributed by atoms with Crippen LogP contribution in [0.4, 0.5) is 0 Å². The average Bonchev–Trinajstić information content (AvgIpc) is 2.61. The molecule has 108 valence electrons. The molecular formula is C22H20. The molecule has 0 bridgehead atoms. The Kier molecular flexibility index (Phi) is 3.11. The van der Waals surface area contributed by atoms with Crippen molar-refractivity contribution in [1.29, 1.82) is 0 Å². The van der Waals surface area contributed by atoms with Gasteiger partial charge in [-0.2, -0.15) is 0 Å². The molecule has 0 nitrogen and oxygen atoms in total. The minimum atomic E-state index is 1.16. The predicted octanol–water partition coefficient (Wildman–Crippen LogP) is 5.62. The van der Waals surface area contributed by atoms with Gasteiger partial charge < -0.3 is 0 Å². The van der Waals surface area contributed by atoms with Crippen LogP contribution in [0.15, 0.2) is 54.6 Å². The number of hydrogen-bond donors (Lipinski definition) is 0. The molecule has 0 unspecified atom stereocenters. The SMILES string of the molecule is C1=c2cccc3c2c(c2cccc4cccc3c42)CC1.CC. The summed E-state index contributed by atoms with van der Waals surface area (Å²) in [4.78, 5) is 0. The lowest BCUT2D eigenvalue weighted by Crippen LogP contribution is -2.10. The lowest BCUT2D eigenvalue weighted by atomic mass is 9.86. The van der Waals surface area contributed by atoms with Crippen molar-refractivity contribution in [3.8, 4) is 0 Å². The van der Waals surface area contributed by atoms with Gasteiger partial charge >= 0.3 is 0 Å². The second-order valence-corrected chi connectivity index (χ2v) is 5.70. The summed E-state index contributed by atoms with van der Waals surface area (Å²) in [5.41, 5.74) is 1.54. The van der Waals surface area contributed by atoms with Crippen molar-refractivity contribution in [2.75, 3.05) is 0 Å². The number of fused-ring (bicyclic) bond motifs is 2. The fourth-order valence-electron chi connectivity index (χ4n) is 3.88. The Morgan fingerprint density at radius 1 is 0.682 bits per heavy atom. The zero-order chi connectivity index (χ0) is 15.1. The maximum Gasteiger partial charge on any atom is -0.00296 e. The highest BCUT2D eigenvalue weighted by atomic mass is 14.2. The van der Waals surface area contributed by atoms with Crippen molar-refractivity contribution in [1.82, 2.24) is 0 Å². The van der Waals surface area contributed by atoms with Crippen molar-refractivity contribution in [3.05, 3.63) is 65.4 Å². The first-order valence-electron chi connectivity index (χ1n) is 8.28. The van der Waals surface area contributed by atoms with E-state index in [9.17, 15) is 0 Å². The Hall–Kier alpha value is -2.34. The van der Waals surface area contributed by atoms with Gasteiger partial charge in [0.25, 0.3) is 0 Å². The summed E-state index contributed by atoms with van der Waals surface area (Å²) >= 11 is 0. The van der Waals surface area contributed by atoms with E-state index in [1.165, 1.54) is 37.5 Å². The van der Waals surface area contributed by atoms with E-state index in [1.807, 2.05) is 13.8 Å². The molecule has 0 saturated carbocycles. The Bertz CT molecular complexity index is 1030. The van der Waals surface area contributed by atoms with Crippen LogP contribution in [-0.4, -0.2) is 0 Å². The first-order valence-corrected chi connectivity index (χ1v) is 8.28. The van der Waals surface area contributed by atoms with E-state index in [0.29, 0.717) is 0 Å². The third-order valence-corrected chi connectivity index (χ3v) is 4.68. The van der Waals surface area contributed by atoms with E-state index < -0.39 is 0 Å². The van der Waals surface area contributed by atoms with E-state index >= 15 is 0 Å². The molecule has 1 aliphatic rings. The highest BCUT2D eigenvalue weighted by Crippen LogP contribution is 2.37. The Balaban J connectivity index is 0.000000602. The van der Waals surface area contributed by atoms with Crippen LogP contribution < -0.4 is 5.22 Å². The summed E-state index contributed by atoms with van der Waals surface area (Å²) < 4.78 is 0. The molecule has 0 radical (unpaired) electrons. The highest BCUT2D eigenvalue weighted by molar-refractivity contribution is 6.23. The lowest BCUT2D eigenvalue weighted by Gasteiger charge is -2.18. The number of benzene rings is 4. The maximum atomic E-state index is 2.39. The fraction of sp³-hybridized carbons (Fsp3) is 0.182. The molecule has 1 aliphatic carbocycles. The predicted molar refractivity (Wildman–Crippen MR) is 98.3 cm³/mol. The molecule has 0 saturated heterocycles. The zero-order valence-corrected chi connectivity index (χ0v) is 13.2. The Morgan fingerprint density at radius 3 is 2.09 bits per heavy atom. The molecule has 0 heteroatoms. The van der Waals surface area contributed by atoms with Crippen molar-refractivity contribution in [2.24, 2.45) is 0 Å². The number of aryl methyl sites for hydroxylation is 1. The first kappa shape index (κ1) is 13.3. The second kappa shape index (κ2) is 5.14.